The number of methoxy groups -OCH3 is 1. The molecule has 0 unspecified atom stereocenters. The van der Waals surface area contributed by atoms with Gasteiger partial charge in [0, 0.05) is 6.07 Å². The third-order valence-electron chi connectivity index (χ3n) is 5.02. The van der Waals surface area contributed by atoms with Gasteiger partial charge in [0.2, 0.25) is 5.95 Å². The number of hydrazone groups is 2. The van der Waals surface area contributed by atoms with Gasteiger partial charge in [0.1, 0.15) is 11.6 Å². The smallest absolute Gasteiger partial charge is 0.247 e. The van der Waals surface area contributed by atoms with Crippen molar-refractivity contribution in [3.05, 3.63) is 101 Å². The number of aromatic nitrogens is 2. The zero-order valence-corrected chi connectivity index (χ0v) is 19.9. The maximum absolute atomic E-state index is 5.44. The summed E-state index contributed by atoms with van der Waals surface area (Å²) in [5.74, 6) is 2.05. The number of rotatable bonds is 9. The largest absolute Gasteiger partial charge is 0.495 e. The molecule has 0 fully saturated rings. The third kappa shape index (κ3) is 6.88. The molecule has 0 radical (unpaired) electrons. The Bertz CT molecular complexity index is 1240. The van der Waals surface area contributed by atoms with Crippen molar-refractivity contribution in [1.29, 1.82) is 0 Å². The van der Waals surface area contributed by atoms with Gasteiger partial charge < -0.3 is 10.1 Å². The van der Waals surface area contributed by atoms with Crippen LogP contribution in [0.15, 0.2) is 89.1 Å². The van der Waals surface area contributed by atoms with E-state index in [4.69, 9.17) is 4.74 Å². The van der Waals surface area contributed by atoms with Crippen LogP contribution in [0.5, 0.6) is 5.75 Å². The molecule has 1 heterocycles. The number of para-hydroxylation sites is 2. The Hall–Kier alpha value is -4.72. The van der Waals surface area contributed by atoms with Crippen LogP contribution in [0.1, 0.15) is 22.3 Å². The van der Waals surface area contributed by atoms with Crippen molar-refractivity contribution in [2.45, 2.75) is 13.8 Å². The Labute approximate surface area is 204 Å². The molecule has 0 saturated carbocycles. The minimum atomic E-state index is 0.307. The summed E-state index contributed by atoms with van der Waals surface area (Å²) in [7, 11) is 1.63. The van der Waals surface area contributed by atoms with E-state index in [0.717, 1.165) is 16.8 Å². The van der Waals surface area contributed by atoms with Gasteiger partial charge in [-0.05, 0) is 37.1 Å². The fraction of sp³-hybridized carbons (Fsp3) is 0.111. The summed E-state index contributed by atoms with van der Waals surface area (Å²) < 4.78 is 5.44. The van der Waals surface area contributed by atoms with Crippen LogP contribution >= 0.6 is 0 Å². The fourth-order valence-electron chi connectivity index (χ4n) is 3.15. The van der Waals surface area contributed by atoms with Crippen LogP contribution in [-0.4, -0.2) is 29.5 Å². The van der Waals surface area contributed by atoms with Gasteiger partial charge in [0.25, 0.3) is 0 Å². The Morgan fingerprint density at radius 1 is 0.714 bits per heavy atom. The number of hydrogen-bond donors (Lipinski definition) is 3. The molecule has 4 rings (SSSR count). The topological polar surface area (TPSA) is 95.8 Å². The molecule has 35 heavy (non-hydrogen) atoms. The molecule has 0 aliphatic rings. The highest BCUT2D eigenvalue weighted by molar-refractivity contribution is 5.81. The molecule has 0 amide bonds. The van der Waals surface area contributed by atoms with Crippen molar-refractivity contribution in [2.75, 3.05) is 23.3 Å². The van der Waals surface area contributed by atoms with E-state index in [1.165, 1.54) is 11.1 Å². The Kier molecular flexibility index (Phi) is 7.65. The number of nitrogens with one attached hydrogen (secondary N) is 3. The van der Waals surface area contributed by atoms with Crippen LogP contribution < -0.4 is 20.9 Å². The van der Waals surface area contributed by atoms with Gasteiger partial charge in [-0.15, -0.1) is 0 Å². The van der Waals surface area contributed by atoms with Crippen molar-refractivity contribution in [3.8, 4) is 5.75 Å². The first-order chi connectivity index (χ1) is 17.1. The van der Waals surface area contributed by atoms with Crippen LogP contribution in [0.2, 0.25) is 0 Å². The molecule has 0 aliphatic carbocycles. The standard InChI is InChI=1S/C27H27N7O/c1-19-8-12-21(13-9-19)17-28-33-26-16-25(30-23-6-4-5-7-24(23)35-3)31-27(32-26)34-29-18-22-14-10-20(2)11-15-22/h4-18H,1-3H3,(H3,30,31,32,33,34). The Balaban J connectivity index is 1.55. The predicted molar refractivity (Wildman–Crippen MR) is 143 cm³/mol. The Morgan fingerprint density at radius 2 is 1.29 bits per heavy atom. The zero-order valence-electron chi connectivity index (χ0n) is 19.9. The minimum Gasteiger partial charge on any atom is -0.495 e. The predicted octanol–water partition coefficient (Wildman–Crippen LogP) is 5.74. The maximum Gasteiger partial charge on any atom is 0.247 e. The number of aryl methyl sites for hydroxylation is 2. The third-order valence-corrected chi connectivity index (χ3v) is 5.02. The van der Waals surface area contributed by atoms with Crippen LogP contribution in [0.25, 0.3) is 0 Å². The van der Waals surface area contributed by atoms with Crippen LogP contribution in [0, 0.1) is 13.8 Å². The summed E-state index contributed by atoms with van der Waals surface area (Å²) in [6.07, 6.45) is 3.45. The van der Waals surface area contributed by atoms with Crippen molar-refractivity contribution >= 4 is 35.7 Å². The van der Waals surface area contributed by atoms with Gasteiger partial charge in [0.05, 0.1) is 25.2 Å². The van der Waals surface area contributed by atoms with E-state index >= 15 is 0 Å². The quantitative estimate of drug-likeness (QED) is 0.216. The van der Waals surface area contributed by atoms with E-state index in [1.807, 2.05) is 86.6 Å². The molecule has 8 heteroatoms. The lowest BCUT2D eigenvalue weighted by atomic mass is 10.2. The summed E-state index contributed by atoms with van der Waals surface area (Å²) >= 11 is 0. The molecule has 1 aromatic heterocycles. The molecule has 3 N–H and O–H groups in total. The molecule has 0 saturated heterocycles. The lowest BCUT2D eigenvalue weighted by molar-refractivity contribution is 0.417. The van der Waals surface area contributed by atoms with Crippen molar-refractivity contribution in [2.24, 2.45) is 10.2 Å². The second-order valence-corrected chi connectivity index (χ2v) is 7.85. The normalized spacial score (nSPS) is 11.1. The van der Waals surface area contributed by atoms with Crippen LogP contribution in [0.3, 0.4) is 0 Å². The highest BCUT2D eigenvalue weighted by Gasteiger charge is 2.07. The summed E-state index contributed by atoms with van der Waals surface area (Å²) in [4.78, 5) is 9.01. The van der Waals surface area contributed by atoms with Gasteiger partial charge in [-0.3, -0.25) is 5.43 Å². The molecule has 0 aliphatic heterocycles. The Morgan fingerprint density at radius 3 is 1.91 bits per heavy atom. The average molecular weight is 466 g/mol. The van der Waals surface area contributed by atoms with E-state index in [9.17, 15) is 0 Å². The fourth-order valence-corrected chi connectivity index (χ4v) is 3.15. The van der Waals surface area contributed by atoms with Gasteiger partial charge >= 0.3 is 0 Å². The monoisotopic (exact) mass is 465 g/mol. The SMILES string of the molecule is COc1ccccc1Nc1cc(NN=Cc2ccc(C)cc2)nc(NN=Cc2ccc(C)cc2)n1. The molecule has 0 spiro atoms. The van der Waals surface area contributed by atoms with Crippen molar-refractivity contribution in [3.63, 3.8) is 0 Å². The number of hydrogen-bond acceptors (Lipinski definition) is 8. The molecule has 0 atom stereocenters. The maximum atomic E-state index is 5.44. The first kappa shape index (κ1) is 23.4. The summed E-state index contributed by atoms with van der Waals surface area (Å²) in [6.45, 7) is 4.09. The van der Waals surface area contributed by atoms with E-state index in [-0.39, 0.29) is 0 Å². The van der Waals surface area contributed by atoms with Gasteiger partial charge in [-0.25, -0.2) is 5.43 Å². The molecular weight excluding hydrogens is 438 g/mol. The summed E-state index contributed by atoms with van der Waals surface area (Å²) in [5.41, 5.74) is 11.0. The first-order valence-corrected chi connectivity index (χ1v) is 11.1. The highest BCUT2D eigenvalue weighted by Crippen LogP contribution is 2.27. The van der Waals surface area contributed by atoms with Gasteiger partial charge in [0.15, 0.2) is 5.82 Å². The van der Waals surface area contributed by atoms with Gasteiger partial charge in [-0.2, -0.15) is 20.2 Å². The van der Waals surface area contributed by atoms with Crippen molar-refractivity contribution < 1.29 is 4.74 Å². The molecule has 0 bridgehead atoms. The van der Waals surface area contributed by atoms with Crippen LogP contribution in [0.4, 0.5) is 23.3 Å². The first-order valence-electron chi connectivity index (χ1n) is 11.1. The summed E-state index contributed by atoms with van der Waals surface area (Å²) in [5, 5.41) is 11.9. The second kappa shape index (κ2) is 11.4. The molecule has 8 nitrogen and oxygen atoms in total. The lowest BCUT2D eigenvalue weighted by Crippen LogP contribution is -2.04. The highest BCUT2D eigenvalue weighted by atomic mass is 16.5. The van der Waals surface area contributed by atoms with Crippen LogP contribution in [-0.2, 0) is 0 Å². The molecule has 4 aromatic rings. The summed E-state index contributed by atoms with van der Waals surface area (Å²) in [6, 6.07) is 25.5. The van der Waals surface area contributed by atoms with E-state index in [0.29, 0.717) is 23.3 Å². The van der Waals surface area contributed by atoms with Gasteiger partial charge in [-0.1, -0.05) is 71.8 Å². The lowest BCUT2D eigenvalue weighted by Gasteiger charge is -2.12. The average Bonchev–Trinajstić information content (AvgIpc) is 2.87. The zero-order chi connectivity index (χ0) is 24.5. The van der Waals surface area contributed by atoms with E-state index in [1.54, 1.807) is 25.6 Å². The number of anilines is 4. The van der Waals surface area contributed by atoms with E-state index < -0.39 is 0 Å². The molecule has 3 aromatic carbocycles. The number of ether oxygens (including phenoxy) is 1. The number of benzene rings is 3. The second-order valence-electron chi connectivity index (χ2n) is 7.85. The molecular formula is C27H27N7O. The van der Waals surface area contributed by atoms with Crippen molar-refractivity contribution in [1.82, 2.24) is 9.97 Å². The minimum absolute atomic E-state index is 0.307. The van der Waals surface area contributed by atoms with E-state index in [2.05, 4.69) is 36.3 Å². The number of nitrogens with zero attached hydrogens (tertiary/aromatic N) is 4. The molecule has 176 valence electrons.